The third kappa shape index (κ3) is 4.38. The van der Waals surface area contributed by atoms with Crippen molar-refractivity contribution in [1.29, 1.82) is 0 Å². The van der Waals surface area contributed by atoms with Gasteiger partial charge in [-0.3, -0.25) is 14.1 Å². The Morgan fingerprint density at radius 1 is 1.06 bits per heavy atom. The molecule has 5 aromatic rings. The van der Waals surface area contributed by atoms with Crippen LogP contribution in [0.15, 0.2) is 71.8 Å². The van der Waals surface area contributed by atoms with E-state index in [1.165, 1.54) is 16.7 Å². The molecule has 0 bridgehead atoms. The van der Waals surface area contributed by atoms with Crippen molar-refractivity contribution < 1.29 is 4.39 Å². The number of aryl methyl sites for hydroxylation is 1. The molecule has 0 aliphatic rings. The van der Waals surface area contributed by atoms with E-state index in [0.717, 1.165) is 34.5 Å². The summed E-state index contributed by atoms with van der Waals surface area (Å²) >= 11 is 6.23. The first-order valence-electron chi connectivity index (χ1n) is 11.1. The number of aromatic amines is 1. The summed E-state index contributed by atoms with van der Waals surface area (Å²) in [5, 5.41) is 14.4. The second-order valence-corrected chi connectivity index (χ2v) is 8.42. The van der Waals surface area contributed by atoms with Crippen LogP contribution in [0.25, 0.3) is 28.3 Å². The number of tetrazole rings is 1. The summed E-state index contributed by atoms with van der Waals surface area (Å²) in [5.41, 5.74) is 3.75. The first-order valence-corrected chi connectivity index (χ1v) is 11.5. The fraction of sp³-hybridized carbons (Fsp3) is 0.160. The summed E-state index contributed by atoms with van der Waals surface area (Å²) in [4.78, 5) is 17.9. The van der Waals surface area contributed by atoms with Crippen LogP contribution in [-0.4, -0.2) is 34.7 Å². The van der Waals surface area contributed by atoms with E-state index >= 15 is 0 Å². The van der Waals surface area contributed by atoms with Gasteiger partial charge in [0.05, 0.1) is 17.3 Å². The highest BCUT2D eigenvalue weighted by Crippen LogP contribution is 2.28. The zero-order valence-corrected chi connectivity index (χ0v) is 19.6. The number of halogens is 2. The lowest BCUT2D eigenvalue weighted by Crippen LogP contribution is -2.25. The van der Waals surface area contributed by atoms with E-state index < -0.39 is 5.82 Å². The molecular weight excluding hydrogens is 469 g/mol. The summed E-state index contributed by atoms with van der Waals surface area (Å²) in [6, 6.07) is 15.9. The van der Waals surface area contributed by atoms with Crippen LogP contribution >= 0.6 is 11.6 Å². The number of nitrogens with zero attached hydrogens (tertiary/aromatic N) is 6. The third-order valence-corrected chi connectivity index (χ3v) is 6.01. The molecular formula is C25H21ClFN7O. The largest absolute Gasteiger partial charge is 0.333 e. The van der Waals surface area contributed by atoms with Crippen molar-refractivity contribution in [2.45, 2.75) is 26.3 Å². The smallest absolute Gasteiger partial charge is 0.292 e. The average Bonchev–Trinajstić information content (AvgIpc) is 3.50. The summed E-state index contributed by atoms with van der Waals surface area (Å²) < 4.78 is 17.5. The number of pyridine rings is 1. The fourth-order valence-electron chi connectivity index (χ4n) is 4.07. The SMILES string of the molecule is CCCc1cn(-c2c(F)cccc2Cl)c(=O)n1Cc1ccc(-c2ccccc2-c2nn[nH]n2)nc1. The van der Waals surface area contributed by atoms with Crippen LogP contribution in [0.4, 0.5) is 4.39 Å². The molecule has 0 spiro atoms. The van der Waals surface area contributed by atoms with Crippen molar-refractivity contribution in [3.05, 3.63) is 99.6 Å². The Kier molecular flexibility index (Phi) is 6.24. The molecule has 1 N–H and O–H groups in total. The molecule has 0 radical (unpaired) electrons. The summed E-state index contributed by atoms with van der Waals surface area (Å²) in [5.74, 6) is -0.0681. The van der Waals surface area contributed by atoms with Gasteiger partial charge < -0.3 is 0 Å². The summed E-state index contributed by atoms with van der Waals surface area (Å²) in [6.07, 6.45) is 4.90. The minimum absolute atomic E-state index is 0.0572. The van der Waals surface area contributed by atoms with Gasteiger partial charge in [-0.1, -0.05) is 61.3 Å². The van der Waals surface area contributed by atoms with E-state index in [-0.39, 0.29) is 16.4 Å². The van der Waals surface area contributed by atoms with Crippen molar-refractivity contribution in [3.63, 3.8) is 0 Å². The van der Waals surface area contributed by atoms with E-state index in [2.05, 4.69) is 25.6 Å². The number of hydrogen-bond donors (Lipinski definition) is 1. The maximum atomic E-state index is 14.5. The van der Waals surface area contributed by atoms with E-state index in [0.29, 0.717) is 18.8 Å². The van der Waals surface area contributed by atoms with Gasteiger partial charge in [0.15, 0.2) is 0 Å². The van der Waals surface area contributed by atoms with Crippen molar-refractivity contribution in [1.82, 2.24) is 34.7 Å². The number of nitrogens with one attached hydrogen (secondary N) is 1. The van der Waals surface area contributed by atoms with Crippen LogP contribution in [-0.2, 0) is 13.0 Å². The van der Waals surface area contributed by atoms with Gasteiger partial charge in [-0.05, 0) is 35.4 Å². The summed E-state index contributed by atoms with van der Waals surface area (Å²) in [6.45, 7) is 2.33. The normalized spacial score (nSPS) is 11.2. The molecule has 0 aliphatic carbocycles. The number of benzene rings is 2. The van der Waals surface area contributed by atoms with Crippen LogP contribution in [0, 0.1) is 5.82 Å². The third-order valence-electron chi connectivity index (χ3n) is 5.70. The van der Waals surface area contributed by atoms with Crippen LogP contribution in [0.1, 0.15) is 24.6 Å². The first kappa shape index (κ1) is 22.7. The van der Waals surface area contributed by atoms with Crippen molar-refractivity contribution in [2.75, 3.05) is 0 Å². The van der Waals surface area contributed by atoms with Crippen LogP contribution in [0.5, 0.6) is 0 Å². The Morgan fingerprint density at radius 3 is 2.57 bits per heavy atom. The van der Waals surface area contributed by atoms with E-state index in [1.54, 1.807) is 23.0 Å². The predicted molar refractivity (Wildman–Crippen MR) is 131 cm³/mol. The monoisotopic (exact) mass is 489 g/mol. The van der Waals surface area contributed by atoms with E-state index in [9.17, 15) is 9.18 Å². The van der Waals surface area contributed by atoms with Gasteiger partial charge in [-0.15, -0.1) is 10.2 Å². The number of aromatic nitrogens is 7. The molecule has 0 saturated heterocycles. The van der Waals surface area contributed by atoms with Gasteiger partial charge in [-0.25, -0.2) is 9.18 Å². The van der Waals surface area contributed by atoms with Gasteiger partial charge in [0.25, 0.3) is 0 Å². The van der Waals surface area contributed by atoms with Gasteiger partial charge in [-0.2, -0.15) is 5.21 Å². The topological polar surface area (TPSA) is 94.3 Å². The number of imidazole rings is 1. The highest BCUT2D eigenvalue weighted by Gasteiger charge is 2.18. The van der Waals surface area contributed by atoms with Crippen molar-refractivity contribution in [2.24, 2.45) is 0 Å². The molecule has 0 saturated carbocycles. The zero-order chi connectivity index (χ0) is 24.4. The quantitative estimate of drug-likeness (QED) is 0.358. The lowest BCUT2D eigenvalue weighted by atomic mass is 10.0. The first-order chi connectivity index (χ1) is 17.1. The number of hydrogen-bond acceptors (Lipinski definition) is 5. The Morgan fingerprint density at radius 2 is 1.89 bits per heavy atom. The highest BCUT2D eigenvalue weighted by atomic mass is 35.5. The molecule has 0 atom stereocenters. The van der Waals surface area contributed by atoms with E-state index in [1.807, 2.05) is 43.3 Å². The molecule has 0 aliphatic heterocycles. The summed E-state index contributed by atoms with van der Waals surface area (Å²) in [7, 11) is 0. The number of H-pyrrole nitrogens is 1. The lowest BCUT2D eigenvalue weighted by Gasteiger charge is -2.09. The van der Waals surface area contributed by atoms with Gasteiger partial charge >= 0.3 is 5.69 Å². The maximum Gasteiger partial charge on any atom is 0.333 e. The standard InChI is InChI=1S/C25H21ClFN7O/c1-2-6-17-15-34(23-20(26)9-5-10-21(23)27)25(35)33(17)14-16-11-12-22(28-13-16)18-7-3-4-8-19(18)24-29-31-32-30-24/h3-5,7-13,15H,2,6,14H2,1H3,(H,29,30,31,32). The molecule has 35 heavy (non-hydrogen) atoms. The van der Waals surface area contributed by atoms with Crippen LogP contribution < -0.4 is 5.69 Å². The molecule has 3 aromatic heterocycles. The fourth-order valence-corrected chi connectivity index (χ4v) is 4.32. The molecule has 10 heteroatoms. The Hall–Kier alpha value is -4.11. The second-order valence-electron chi connectivity index (χ2n) is 8.01. The maximum absolute atomic E-state index is 14.5. The molecule has 5 rings (SSSR count). The molecule has 176 valence electrons. The number of para-hydroxylation sites is 1. The molecule has 0 fully saturated rings. The van der Waals surface area contributed by atoms with Crippen molar-refractivity contribution >= 4 is 11.6 Å². The van der Waals surface area contributed by atoms with Gasteiger partial charge in [0.2, 0.25) is 5.82 Å². The van der Waals surface area contributed by atoms with Crippen LogP contribution in [0.3, 0.4) is 0 Å². The zero-order valence-electron chi connectivity index (χ0n) is 18.8. The van der Waals surface area contributed by atoms with E-state index in [4.69, 9.17) is 11.6 Å². The number of rotatable bonds is 7. The Bertz CT molecular complexity index is 1500. The minimum atomic E-state index is -0.550. The second kappa shape index (κ2) is 9.63. The molecule has 2 aromatic carbocycles. The van der Waals surface area contributed by atoms with Gasteiger partial charge in [0.1, 0.15) is 11.5 Å². The highest BCUT2D eigenvalue weighted by molar-refractivity contribution is 6.32. The average molecular weight is 490 g/mol. The Labute approximate surface area is 205 Å². The Balaban J connectivity index is 1.49. The predicted octanol–water partition coefficient (Wildman–Crippen LogP) is 4.67. The van der Waals surface area contributed by atoms with Crippen molar-refractivity contribution in [3.8, 4) is 28.3 Å². The molecule has 8 nitrogen and oxygen atoms in total. The molecule has 0 unspecified atom stereocenters. The molecule has 0 amide bonds. The van der Waals surface area contributed by atoms with Gasteiger partial charge in [0, 0.05) is 29.2 Å². The molecule has 3 heterocycles. The lowest BCUT2D eigenvalue weighted by molar-refractivity contribution is 0.613. The van der Waals surface area contributed by atoms with Crippen LogP contribution in [0.2, 0.25) is 5.02 Å². The minimum Gasteiger partial charge on any atom is -0.292 e.